The van der Waals surface area contributed by atoms with Crippen molar-refractivity contribution in [3.63, 3.8) is 0 Å². The van der Waals surface area contributed by atoms with Gasteiger partial charge in [-0.3, -0.25) is 0 Å². The summed E-state index contributed by atoms with van der Waals surface area (Å²) >= 11 is 0. The predicted octanol–water partition coefficient (Wildman–Crippen LogP) is 6.62. The van der Waals surface area contributed by atoms with Crippen LogP contribution in [0.4, 0.5) is 17.1 Å². The number of phenolic OH excluding ortho intramolecular Hbond substituents is 1. The molecule has 0 spiro atoms. The lowest BCUT2D eigenvalue weighted by atomic mass is 9.73. The number of hydrogen-bond donors (Lipinski definition) is 2. The van der Waals surface area contributed by atoms with Crippen LogP contribution in [0.25, 0.3) is 0 Å². The van der Waals surface area contributed by atoms with Crippen molar-refractivity contribution in [2.45, 2.75) is 59.3 Å². The minimum Gasteiger partial charge on any atom is -0.505 e. The van der Waals surface area contributed by atoms with Gasteiger partial charge in [-0.1, -0.05) is 66.7 Å². The average molecular weight is 354 g/mol. The number of anilines is 1. The summed E-state index contributed by atoms with van der Waals surface area (Å²) in [6, 6.07) is 11.4. The predicted molar refractivity (Wildman–Crippen MR) is 110 cm³/mol. The van der Waals surface area contributed by atoms with Crippen LogP contribution < -0.4 is 5.73 Å². The molecule has 0 unspecified atom stereocenters. The van der Waals surface area contributed by atoms with E-state index in [1.54, 1.807) is 6.07 Å². The zero-order valence-electron chi connectivity index (χ0n) is 17.0. The molecule has 0 atom stereocenters. The first-order valence-corrected chi connectivity index (χ1v) is 9.08. The van der Waals surface area contributed by atoms with Gasteiger partial charge in [-0.05, 0) is 40.5 Å². The summed E-state index contributed by atoms with van der Waals surface area (Å²) in [5, 5.41) is 19.4. The molecule has 0 aliphatic carbocycles. The molecule has 0 aliphatic heterocycles. The van der Waals surface area contributed by atoms with Crippen LogP contribution in [0.15, 0.2) is 46.6 Å². The van der Waals surface area contributed by atoms with Gasteiger partial charge >= 0.3 is 0 Å². The number of nitrogen functional groups attached to an aromatic ring is 1. The quantitative estimate of drug-likeness (QED) is 0.479. The number of benzene rings is 2. The van der Waals surface area contributed by atoms with Crippen molar-refractivity contribution in [2.24, 2.45) is 16.1 Å². The molecule has 2 rings (SSSR count). The normalized spacial score (nSPS) is 12.9. The molecule has 4 heteroatoms. The van der Waals surface area contributed by atoms with Crippen molar-refractivity contribution in [1.29, 1.82) is 0 Å². The van der Waals surface area contributed by atoms with Gasteiger partial charge in [0, 0.05) is 5.56 Å². The molecule has 0 bridgehead atoms. The minimum absolute atomic E-state index is 0.0518. The molecule has 0 amide bonds. The molecule has 4 nitrogen and oxygen atoms in total. The fourth-order valence-electron chi connectivity index (χ4n) is 2.66. The van der Waals surface area contributed by atoms with Gasteiger partial charge in [-0.25, -0.2) is 0 Å². The van der Waals surface area contributed by atoms with Crippen molar-refractivity contribution >= 4 is 17.1 Å². The van der Waals surface area contributed by atoms with Crippen molar-refractivity contribution in [3.05, 3.63) is 47.5 Å². The first-order valence-electron chi connectivity index (χ1n) is 9.08. The molecule has 0 saturated carbocycles. The zero-order valence-corrected chi connectivity index (χ0v) is 17.0. The van der Waals surface area contributed by atoms with Crippen LogP contribution in [0, 0.1) is 5.92 Å². The van der Waals surface area contributed by atoms with Gasteiger partial charge in [0.05, 0.1) is 5.69 Å². The highest BCUT2D eigenvalue weighted by Crippen LogP contribution is 2.43. The van der Waals surface area contributed by atoms with Gasteiger partial charge < -0.3 is 10.8 Å². The van der Waals surface area contributed by atoms with Crippen molar-refractivity contribution in [3.8, 4) is 5.75 Å². The largest absolute Gasteiger partial charge is 0.505 e. The highest BCUT2D eigenvalue weighted by Gasteiger charge is 2.29. The number of hydrogen-bond acceptors (Lipinski definition) is 4. The molecule has 0 fully saturated rings. The summed E-state index contributed by atoms with van der Waals surface area (Å²) in [6.45, 7) is 15.1. The van der Waals surface area contributed by atoms with Crippen LogP contribution in [0.5, 0.6) is 5.75 Å². The fraction of sp³-hybridized carbons (Fsp3) is 0.455. The highest BCUT2D eigenvalue weighted by atomic mass is 16.3. The SMILES string of the molecule is CC(C)C(C)(C)c1cc(N=Nc2ccccc2N)c(O)c(C(C)(C)C)c1. The molecule has 0 aliphatic rings. The molecule has 2 aromatic rings. The van der Waals surface area contributed by atoms with Gasteiger partial charge in [0.25, 0.3) is 0 Å². The van der Waals surface area contributed by atoms with E-state index in [1.165, 1.54) is 0 Å². The number of azo groups is 1. The summed E-state index contributed by atoms with van der Waals surface area (Å²) in [5.74, 6) is 0.619. The molecule has 140 valence electrons. The van der Waals surface area contributed by atoms with Gasteiger partial charge in [0.15, 0.2) is 0 Å². The summed E-state index contributed by atoms with van der Waals surface area (Å²) in [4.78, 5) is 0. The Balaban J connectivity index is 2.63. The molecule has 0 heterocycles. The van der Waals surface area contributed by atoms with Crippen LogP contribution >= 0.6 is 0 Å². The summed E-state index contributed by atoms with van der Waals surface area (Å²) in [5.41, 5.74) is 9.34. The first-order chi connectivity index (χ1) is 11.9. The van der Waals surface area contributed by atoms with E-state index in [-0.39, 0.29) is 16.6 Å². The van der Waals surface area contributed by atoms with E-state index in [9.17, 15) is 5.11 Å². The molecule has 0 aromatic heterocycles. The Labute approximate surface area is 157 Å². The Morgan fingerprint density at radius 2 is 1.50 bits per heavy atom. The van der Waals surface area contributed by atoms with E-state index in [4.69, 9.17) is 5.73 Å². The van der Waals surface area contributed by atoms with Gasteiger partial charge in [-0.2, -0.15) is 0 Å². The number of rotatable bonds is 4. The molecule has 3 N–H and O–H groups in total. The third-order valence-corrected chi connectivity index (χ3v) is 5.29. The lowest BCUT2D eigenvalue weighted by Gasteiger charge is -2.32. The first kappa shape index (κ1) is 20.0. The van der Waals surface area contributed by atoms with Gasteiger partial charge in [0.2, 0.25) is 0 Å². The Hall–Kier alpha value is -2.36. The smallest absolute Gasteiger partial charge is 0.146 e. The number of nitrogens with zero attached hydrogens (tertiary/aromatic N) is 2. The van der Waals surface area contributed by atoms with E-state index < -0.39 is 0 Å². The Bertz CT molecular complexity index is 815. The topological polar surface area (TPSA) is 71.0 Å². The third-order valence-electron chi connectivity index (χ3n) is 5.29. The summed E-state index contributed by atoms with van der Waals surface area (Å²) in [7, 11) is 0. The summed E-state index contributed by atoms with van der Waals surface area (Å²) in [6.07, 6.45) is 0. The Kier molecular flexibility index (Phi) is 5.45. The molecule has 0 saturated heterocycles. The maximum absolute atomic E-state index is 10.8. The Morgan fingerprint density at radius 3 is 2.04 bits per heavy atom. The summed E-state index contributed by atoms with van der Waals surface area (Å²) < 4.78 is 0. The third kappa shape index (κ3) is 4.06. The van der Waals surface area contributed by atoms with Gasteiger partial charge in [0.1, 0.15) is 17.1 Å². The van der Waals surface area contributed by atoms with Crippen molar-refractivity contribution in [1.82, 2.24) is 0 Å². The number of para-hydroxylation sites is 1. The Morgan fingerprint density at radius 1 is 0.923 bits per heavy atom. The molecular weight excluding hydrogens is 322 g/mol. The van der Waals surface area contributed by atoms with Crippen LogP contribution in [-0.2, 0) is 10.8 Å². The second-order valence-corrected chi connectivity index (χ2v) is 8.78. The molecule has 2 aromatic carbocycles. The van der Waals surface area contributed by atoms with Gasteiger partial charge in [-0.15, -0.1) is 10.2 Å². The van der Waals surface area contributed by atoms with E-state index in [1.807, 2.05) is 24.3 Å². The molecule has 0 radical (unpaired) electrons. The number of nitrogens with two attached hydrogens (primary N) is 1. The highest BCUT2D eigenvalue weighted by molar-refractivity contribution is 5.63. The van der Waals surface area contributed by atoms with Crippen molar-refractivity contribution < 1.29 is 5.11 Å². The lowest BCUT2D eigenvalue weighted by Crippen LogP contribution is -2.25. The van der Waals surface area contributed by atoms with E-state index in [0.29, 0.717) is 23.0 Å². The maximum atomic E-state index is 10.8. The maximum Gasteiger partial charge on any atom is 0.146 e. The zero-order chi connectivity index (χ0) is 19.7. The lowest BCUT2D eigenvalue weighted by molar-refractivity contribution is 0.369. The average Bonchev–Trinajstić information content (AvgIpc) is 2.53. The number of aromatic hydroxyl groups is 1. The van der Waals surface area contributed by atoms with E-state index >= 15 is 0 Å². The minimum atomic E-state index is -0.205. The number of phenols is 1. The second kappa shape index (κ2) is 7.10. The van der Waals surface area contributed by atoms with Crippen LogP contribution in [0.3, 0.4) is 0 Å². The fourth-order valence-corrected chi connectivity index (χ4v) is 2.66. The molecular formula is C22H31N3O. The van der Waals surface area contributed by atoms with E-state index in [2.05, 4.69) is 64.8 Å². The van der Waals surface area contributed by atoms with Crippen LogP contribution in [0.1, 0.15) is 59.6 Å². The molecule has 26 heavy (non-hydrogen) atoms. The van der Waals surface area contributed by atoms with E-state index in [0.717, 1.165) is 11.1 Å². The standard InChI is InChI=1S/C22H31N3O/c1-14(2)22(6,7)15-12-16(21(3,4)5)20(26)19(13-15)25-24-18-11-9-8-10-17(18)23/h8-14,26H,23H2,1-7H3. The van der Waals surface area contributed by atoms with Crippen molar-refractivity contribution in [2.75, 3.05) is 5.73 Å². The van der Waals surface area contributed by atoms with Crippen LogP contribution in [0.2, 0.25) is 0 Å². The monoisotopic (exact) mass is 353 g/mol. The van der Waals surface area contributed by atoms with Crippen LogP contribution in [-0.4, -0.2) is 5.11 Å². The second-order valence-electron chi connectivity index (χ2n) is 8.78.